The van der Waals surface area contributed by atoms with E-state index in [9.17, 15) is 13.2 Å². The predicted molar refractivity (Wildman–Crippen MR) is 76.4 cm³/mol. The average Bonchev–Trinajstić information content (AvgIpc) is 2.45. The molecule has 0 aliphatic rings. The van der Waals surface area contributed by atoms with Crippen LogP contribution in [-0.4, -0.2) is 12.9 Å². The first kappa shape index (κ1) is 15.2. The maximum absolute atomic E-state index is 12.0. The lowest BCUT2D eigenvalue weighted by Gasteiger charge is -2.10. The van der Waals surface area contributed by atoms with Crippen molar-refractivity contribution in [1.82, 2.24) is 0 Å². The summed E-state index contributed by atoms with van der Waals surface area (Å²) in [4.78, 5) is 0. The van der Waals surface area contributed by atoms with Gasteiger partial charge in [0.1, 0.15) is 5.75 Å². The van der Waals surface area contributed by atoms with Gasteiger partial charge in [-0.15, -0.1) is 13.2 Å². The Hall–Kier alpha value is -2.17. The third kappa shape index (κ3) is 5.77. The summed E-state index contributed by atoms with van der Waals surface area (Å²) in [5, 5.41) is 3.17. The summed E-state index contributed by atoms with van der Waals surface area (Å²) in [5.74, 6) is -0.211. The van der Waals surface area contributed by atoms with E-state index in [0.29, 0.717) is 0 Å². The monoisotopic (exact) mass is 295 g/mol. The second-order valence-electron chi connectivity index (χ2n) is 4.59. The first-order valence-electron chi connectivity index (χ1n) is 6.66. The van der Waals surface area contributed by atoms with E-state index in [4.69, 9.17) is 0 Å². The van der Waals surface area contributed by atoms with Gasteiger partial charge < -0.3 is 10.1 Å². The van der Waals surface area contributed by atoms with Crippen LogP contribution in [0.25, 0.3) is 0 Å². The van der Waals surface area contributed by atoms with Gasteiger partial charge in [-0.3, -0.25) is 0 Å². The molecule has 0 aromatic heterocycles. The largest absolute Gasteiger partial charge is 0.573 e. The highest BCUT2D eigenvalue weighted by Crippen LogP contribution is 2.23. The zero-order valence-electron chi connectivity index (χ0n) is 11.4. The van der Waals surface area contributed by atoms with Crippen molar-refractivity contribution in [1.29, 1.82) is 0 Å². The standard InChI is InChI=1S/C16H16F3NO/c17-16(18,19)21-15-10-8-14(9-11-15)20-12-4-7-13-5-2-1-3-6-13/h1-3,5-6,8-11,20H,4,7,12H2. The van der Waals surface area contributed by atoms with Crippen molar-refractivity contribution in [3.8, 4) is 5.75 Å². The number of hydrogen-bond acceptors (Lipinski definition) is 2. The van der Waals surface area contributed by atoms with Crippen molar-refractivity contribution < 1.29 is 17.9 Å². The molecule has 5 heteroatoms. The number of benzene rings is 2. The predicted octanol–water partition coefficient (Wildman–Crippen LogP) is 4.63. The van der Waals surface area contributed by atoms with Crippen LogP contribution in [0.2, 0.25) is 0 Å². The Balaban J connectivity index is 1.74. The fourth-order valence-electron chi connectivity index (χ4n) is 1.94. The normalized spacial score (nSPS) is 11.2. The second kappa shape index (κ2) is 7.02. The fraction of sp³-hybridized carbons (Fsp3) is 0.250. The van der Waals surface area contributed by atoms with Crippen LogP contribution in [0.1, 0.15) is 12.0 Å². The highest BCUT2D eigenvalue weighted by molar-refractivity contribution is 5.46. The molecule has 2 aromatic rings. The van der Waals surface area contributed by atoms with Crippen LogP contribution in [0.5, 0.6) is 5.75 Å². The number of ether oxygens (including phenoxy) is 1. The number of rotatable bonds is 6. The van der Waals surface area contributed by atoms with Crippen molar-refractivity contribution in [2.24, 2.45) is 0 Å². The summed E-state index contributed by atoms with van der Waals surface area (Å²) < 4.78 is 39.9. The number of halogens is 3. The van der Waals surface area contributed by atoms with Gasteiger partial charge in [-0.05, 0) is 42.7 Å². The summed E-state index contributed by atoms with van der Waals surface area (Å²) in [6, 6.07) is 15.9. The molecule has 0 saturated carbocycles. The number of alkyl halides is 3. The zero-order valence-corrected chi connectivity index (χ0v) is 11.4. The summed E-state index contributed by atoms with van der Waals surface area (Å²) in [5.41, 5.74) is 2.05. The summed E-state index contributed by atoms with van der Waals surface area (Å²) in [7, 11) is 0. The van der Waals surface area contributed by atoms with Crippen molar-refractivity contribution >= 4 is 5.69 Å². The highest BCUT2D eigenvalue weighted by Gasteiger charge is 2.30. The van der Waals surface area contributed by atoms with Gasteiger partial charge in [-0.1, -0.05) is 30.3 Å². The Morgan fingerprint density at radius 3 is 2.19 bits per heavy atom. The van der Waals surface area contributed by atoms with Crippen LogP contribution in [-0.2, 0) is 6.42 Å². The SMILES string of the molecule is FC(F)(F)Oc1ccc(NCCCc2ccccc2)cc1. The van der Waals surface area contributed by atoms with Crippen molar-refractivity contribution in [3.05, 3.63) is 60.2 Å². The van der Waals surface area contributed by atoms with E-state index in [-0.39, 0.29) is 5.75 Å². The molecule has 2 nitrogen and oxygen atoms in total. The maximum Gasteiger partial charge on any atom is 0.573 e. The maximum atomic E-state index is 12.0. The molecular formula is C16H16F3NO. The smallest absolute Gasteiger partial charge is 0.406 e. The molecule has 0 spiro atoms. The molecule has 2 aromatic carbocycles. The van der Waals surface area contributed by atoms with Crippen LogP contribution < -0.4 is 10.1 Å². The second-order valence-corrected chi connectivity index (χ2v) is 4.59. The van der Waals surface area contributed by atoms with Gasteiger partial charge in [0.2, 0.25) is 0 Å². The number of aryl methyl sites for hydroxylation is 1. The van der Waals surface area contributed by atoms with Crippen molar-refractivity contribution in [2.75, 3.05) is 11.9 Å². The molecule has 0 amide bonds. The van der Waals surface area contributed by atoms with Gasteiger partial charge in [-0.2, -0.15) is 0 Å². The Morgan fingerprint density at radius 2 is 1.57 bits per heavy atom. The van der Waals surface area contributed by atoms with Crippen LogP contribution in [0.3, 0.4) is 0 Å². The van der Waals surface area contributed by atoms with E-state index >= 15 is 0 Å². The van der Waals surface area contributed by atoms with E-state index in [2.05, 4.69) is 22.2 Å². The topological polar surface area (TPSA) is 21.3 Å². The molecule has 0 radical (unpaired) electrons. The van der Waals surface area contributed by atoms with Crippen molar-refractivity contribution in [3.63, 3.8) is 0 Å². The van der Waals surface area contributed by atoms with Crippen molar-refractivity contribution in [2.45, 2.75) is 19.2 Å². The van der Waals surface area contributed by atoms with Crippen LogP contribution in [0, 0.1) is 0 Å². The molecular weight excluding hydrogens is 279 g/mol. The minimum atomic E-state index is -4.65. The molecule has 1 N–H and O–H groups in total. The van der Waals surface area contributed by atoms with Gasteiger partial charge in [0.25, 0.3) is 0 Å². The van der Waals surface area contributed by atoms with Gasteiger partial charge >= 0.3 is 6.36 Å². The zero-order chi connectivity index (χ0) is 15.1. The first-order chi connectivity index (χ1) is 10.0. The molecule has 0 saturated heterocycles. The Labute approximate surface area is 121 Å². The Morgan fingerprint density at radius 1 is 0.905 bits per heavy atom. The van der Waals surface area contributed by atoms with E-state index in [0.717, 1.165) is 25.1 Å². The molecule has 0 fully saturated rings. The lowest BCUT2D eigenvalue weighted by molar-refractivity contribution is -0.274. The van der Waals surface area contributed by atoms with Crippen LogP contribution >= 0.6 is 0 Å². The first-order valence-corrected chi connectivity index (χ1v) is 6.66. The molecule has 21 heavy (non-hydrogen) atoms. The van der Waals surface area contributed by atoms with Crippen LogP contribution in [0.4, 0.5) is 18.9 Å². The fourth-order valence-corrected chi connectivity index (χ4v) is 1.94. The molecule has 0 bridgehead atoms. The summed E-state index contributed by atoms with van der Waals surface area (Å²) >= 11 is 0. The third-order valence-corrected chi connectivity index (χ3v) is 2.90. The number of nitrogens with one attached hydrogen (secondary N) is 1. The molecule has 112 valence electrons. The number of hydrogen-bond donors (Lipinski definition) is 1. The minimum Gasteiger partial charge on any atom is -0.406 e. The van der Waals surface area contributed by atoms with Gasteiger partial charge in [-0.25, -0.2) is 0 Å². The molecule has 0 atom stereocenters. The molecule has 0 unspecified atom stereocenters. The minimum absolute atomic E-state index is 0.211. The number of anilines is 1. The summed E-state index contributed by atoms with van der Waals surface area (Å²) in [6.45, 7) is 0.758. The average molecular weight is 295 g/mol. The molecule has 2 rings (SSSR count). The Bertz CT molecular complexity index is 538. The third-order valence-electron chi connectivity index (χ3n) is 2.90. The summed E-state index contributed by atoms with van der Waals surface area (Å²) in [6.07, 6.45) is -2.74. The lowest BCUT2D eigenvalue weighted by Crippen LogP contribution is -2.17. The van der Waals surface area contributed by atoms with Gasteiger partial charge in [0, 0.05) is 12.2 Å². The van der Waals surface area contributed by atoms with Gasteiger partial charge in [0.05, 0.1) is 0 Å². The Kier molecular flexibility index (Phi) is 5.09. The molecule has 0 heterocycles. The van der Waals surface area contributed by atoms with E-state index in [1.165, 1.54) is 17.7 Å². The van der Waals surface area contributed by atoms with E-state index in [1.807, 2.05) is 18.2 Å². The van der Waals surface area contributed by atoms with Crippen LogP contribution in [0.15, 0.2) is 54.6 Å². The lowest BCUT2D eigenvalue weighted by atomic mass is 10.1. The molecule has 0 aliphatic heterocycles. The van der Waals surface area contributed by atoms with E-state index < -0.39 is 6.36 Å². The molecule has 0 aliphatic carbocycles. The highest BCUT2D eigenvalue weighted by atomic mass is 19.4. The van der Waals surface area contributed by atoms with E-state index in [1.54, 1.807) is 12.1 Å². The van der Waals surface area contributed by atoms with Gasteiger partial charge in [0.15, 0.2) is 0 Å². The quantitative estimate of drug-likeness (QED) is 0.784.